The second-order valence-corrected chi connectivity index (χ2v) is 5.93. The normalized spacial score (nSPS) is 19.7. The number of benzene rings is 1. The largest absolute Gasteiger partial charge is 0.348 e. The smallest absolute Gasteiger partial charge is 0.234 e. The highest BCUT2D eigenvalue weighted by Gasteiger charge is 2.23. The van der Waals surface area contributed by atoms with Gasteiger partial charge in [0.1, 0.15) is 0 Å². The fraction of sp³-hybridized carbons (Fsp3) is 0.562. The Morgan fingerprint density at radius 3 is 2.90 bits per heavy atom. The van der Waals surface area contributed by atoms with Crippen LogP contribution in [0.25, 0.3) is 0 Å². The molecule has 2 rings (SSSR count). The van der Waals surface area contributed by atoms with Gasteiger partial charge in [-0.15, -0.1) is 0 Å². The van der Waals surface area contributed by atoms with Crippen molar-refractivity contribution in [3.05, 3.63) is 34.9 Å². The molecule has 0 aromatic heterocycles. The number of amides is 1. The zero-order valence-corrected chi connectivity index (χ0v) is 13.5. The van der Waals surface area contributed by atoms with Gasteiger partial charge in [-0.2, -0.15) is 0 Å². The molecule has 21 heavy (non-hydrogen) atoms. The number of carbonyl (C=O) groups excluding carboxylic acids is 1. The van der Waals surface area contributed by atoms with Gasteiger partial charge in [0.05, 0.1) is 12.6 Å². The van der Waals surface area contributed by atoms with Crippen LogP contribution >= 0.6 is 11.6 Å². The Kier molecular flexibility index (Phi) is 6.03. The molecule has 2 N–H and O–H groups in total. The third kappa shape index (κ3) is 4.43. The lowest BCUT2D eigenvalue weighted by molar-refractivity contribution is -0.123. The second kappa shape index (κ2) is 7.78. The molecule has 5 heteroatoms. The molecule has 0 bridgehead atoms. The molecule has 1 aliphatic rings. The lowest BCUT2D eigenvalue weighted by Gasteiger charge is -2.27. The van der Waals surface area contributed by atoms with Crippen molar-refractivity contribution in [1.82, 2.24) is 15.5 Å². The van der Waals surface area contributed by atoms with E-state index in [4.69, 9.17) is 11.6 Å². The van der Waals surface area contributed by atoms with Crippen LogP contribution in [0.15, 0.2) is 24.3 Å². The highest BCUT2D eigenvalue weighted by Crippen LogP contribution is 2.22. The van der Waals surface area contributed by atoms with E-state index in [9.17, 15) is 4.79 Å². The van der Waals surface area contributed by atoms with Gasteiger partial charge in [-0.1, -0.05) is 36.7 Å². The van der Waals surface area contributed by atoms with Crippen LogP contribution in [0.2, 0.25) is 5.02 Å². The predicted octanol–water partition coefficient (Wildman–Crippen LogP) is 2.20. The zero-order chi connectivity index (χ0) is 15.2. The van der Waals surface area contributed by atoms with Crippen LogP contribution in [0.3, 0.4) is 0 Å². The van der Waals surface area contributed by atoms with Gasteiger partial charge in [-0.25, -0.2) is 0 Å². The highest BCUT2D eigenvalue weighted by atomic mass is 35.5. The van der Waals surface area contributed by atoms with Crippen molar-refractivity contribution in [2.45, 2.75) is 32.4 Å². The molecule has 1 amide bonds. The van der Waals surface area contributed by atoms with E-state index in [0.717, 1.165) is 31.6 Å². The average Bonchev–Trinajstić information content (AvgIpc) is 2.99. The summed E-state index contributed by atoms with van der Waals surface area (Å²) in [6, 6.07) is 8.02. The second-order valence-electron chi connectivity index (χ2n) is 5.52. The Hall–Kier alpha value is -1.10. The van der Waals surface area contributed by atoms with Crippen LogP contribution in [0.5, 0.6) is 0 Å². The molecular weight excluding hydrogens is 286 g/mol. The van der Waals surface area contributed by atoms with Gasteiger partial charge in [-0.3, -0.25) is 9.69 Å². The summed E-state index contributed by atoms with van der Waals surface area (Å²) in [5.41, 5.74) is 0.957. The number of carbonyl (C=O) groups is 1. The van der Waals surface area contributed by atoms with Crippen molar-refractivity contribution in [2.75, 3.05) is 26.2 Å². The fourth-order valence-corrected chi connectivity index (χ4v) is 3.13. The maximum atomic E-state index is 12.2. The Labute approximate surface area is 131 Å². The summed E-state index contributed by atoms with van der Waals surface area (Å²) in [5.74, 6) is 0.0520. The summed E-state index contributed by atoms with van der Waals surface area (Å²) in [4.78, 5) is 14.5. The minimum Gasteiger partial charge on any atom is -0.348 e. The van der Waals surface area contributed by atoms with Gasteiger partial charge in [0.25, 0.3) is 0 Å². The topological polar surface area (TPSA) is 44.4 Å². The van der Waals surface area contributed by atoms with Crippen LogP contribution in [0, 0.1) is 0 Å². The van der Waals surface area contributed by atoms with E-state index < -0.39 is 0 Å². The van der Waals surface area contributed by atoms with Crippen molar-refractivity contribution >= 4 is 17.5 Å². The molecule has 4 nitrogen and oxygen atoms in total. The molecule has 0 aliphatic carbocycles. The van der Waals surface area contributed by atoms with E-state index in [2.05, 4.69) is 22.5 Å². The maximum Gasteiger partial charge on any atom is 0.234 e. The summed E-state index contributed by atoms with van der Waals surface area (Å²) in [7, 11) is 0. The summed E-state index contributed by atoms with van der Waals surface area (Å²) in [6.45, 7) is 7.41. The van der Waals surface area contributed by atoms with Crippen LogP contribution in [-0.4, -0.2) is 43.0 Å². The summed E-state index contributed by atoms with van der Waals surface area (Å²) < 4.78 is 0. The molecule has 2 atom stereocenters. The lowest BCUT2D eigenvalue weighted by Crippen LogP contribution is -2.44. The first-order valence-electron chi connectivity index (χ1n) is 7.60. The predicted molar refractivity (Wildman–Crippen MR) is 86.5 cm³/mol. The first-order valence-corrected chi connectivity index (χ1v) is 7.98. The van der Waals surface area contributed by atoms with Gasteiger partial charge in [0, 0.05) is 17.6 Å². The summed E-state index contributed by atoms with van der Waals surface area (Å²) in [6.07, 6.45) is 1.11. The molecule has 1 heterocycles. The molecule has 1 saturated heterocycles. The number of hydrogen-bond donors (Lipinski definition) is 2. The van der Waals surface area contributed by atoms with E-state index in [0.29, 0.717) is 17.6 Å². The van der Waals surface area contributed by atoms with Gasteiger partial charge < -0.3 is 10.6 Å². The number of likely N-dealkylation sites (N-methyl/N-ethyl adjacent to an activating group) is 1. The lowest BCUT2D eigenvalue weighted by atomic mass is 10.1. The van der Waals surface area contributed by atoms with Crippen molar-refractivity contribution < 1.29 is 4.79 Å². The van der Waals surface area contributed by atoms with Crippen molar-refractivity contribution in [3.8, 4) is 0 Å². The first-order chi connectivity index (χ1) is 10.1. The van der Waals surface area contributed by atoms with Crippen LogP contribution in [0.4, 0.5) is 0 Å². The third-order valence-electron chi connectivity index (χ3n) is 4.05. The summed E-state index contributed by atoms with van der Waals surface area (Å²) >= 11 is 6.17. The van der Waals surface area contributed by atoms with E-state index in [1.807, 2.05) is 31.2 Å². The number of nitrogens with one attached hydrogen (secondary N) is 2. The monoisotopic (exact) mass is 309 g/mol. The molecule has 1 aliphatic heterocycles. The number of hydrogen-bond acceptors (Lipinski definition) is 3. The first kappa shape index (κ1) is 16.3. The Morgan fingerprint density at radius 2 is 2.29 bits per heavy atom. The minimum atomic E-state index is -0.0772. The SMILES string of the molecule is CCN(CC(=O)NC(C)c1ccccc1Cl)C1CCNC1. The van der Waals surface area contributed by atoms with E-state index in [-0.39, 0.29) is 11.9 Å². The molecule has 0 radical (unpaired) electrons. The number of halogens is 1. The number of rotatable bonds is 6. The highest BCUT2D eigenvalue weighted by molar-refractivity contribution is 6.31. The van der Waals surface area contributed by atoms with Crippen molar-refractivity contribution in [1.29, 1.82) is 0 Å². The maximum absolute atomic E-state index is 12.2. The van der Waals surface area contributed by atoms with Crippen LogP contribution in [-0.2, 0) is 4.79 Å². The minimum absolute atomic E-state index is 0.0520. The van der Waals surface area contributed by atoms with Gasteiger partial charge in [-0.05, 0) is 38.1 Å². The molecule has 1 aromatic carbocycles. The fourth-order valence-electron chi connectivity index (χ4n) is 2.83. The molecular formula is C16H24ClN3O. The van der Waals surface area contributed by atoms with Crippen LogP contribution < -0.4 is 10.6 Å². The molecule has 116 valence electrons. The Balaban J connectivity index is 1.90. The molecule has 0 spiro atoms. The Bertz CT molecular complexity index is 474. The quantitative estimate of drug-likeness (QED) is 0.847. The molecule has 2 unspecified atom stereocenters. The van der Waals surface area contributed by atoms with E-state index >= 15 is 0 Å². The van der Waals surface area contributed by atoms with Crippen molar-refractivity contribution in [3.63, 3.8) is 0 Å². The third-order valence-corrected chi connectivity index (χ3v) is 4.40. The van der Waals surface area contributed by atoms with Gasteiger partial charge >= 0.3 is 0 Å². The Morgan fingerprint density at radius 1 is 1.52 bits per heavy atom. The molecule has 1 aromatic rings. The summed E-state index contributed by atoms with van der Waals surface area (Å²) in [5, 5.41) is 7.08. The van der Waals surface area contributed by atoms with E-state index in [1.54, 1.807) is 0 Å². The van der Waals surface area contributed by atoms with Crippen LogP contribution in [0.1, 0.15) is 31.9 Å². The molecule has 0 saturated carbocycles. The standard InChI is InChI=1S/C16H24ClN3O/c1-3-20(13-8-9-18-10-13)11-16(21)19-12(2)14-6-4-5-7-15(14)17/h4-7,12-13,18H,3,8-11H2,1-2H3,(H,19,21). The average molecular weight is 310 g/mol. The van der Waals surface area contributed by atoms with Gasteiger partial charge in [0.15, 0.2) is 0 Å². The van der Waals surface area contributed by atoms with Gasteiger partial charge in [0.2, 0.25) is 5.91 Å². The van der Waals surface area contributed by atoms with Crippen molar-refractivity contribution in [2.24, 2.45) is 0 Å². The van der Waals surface area contributed by atoms with E-state index in [1.165, 1.54) is 0 Å². The number of nitrogens with zero attached hydrogens (tertiary/aromatic N) is 1. The zero-order valence-electron chi connectivity index (χ0n) is 12.7. The molecule has 1 fully saturated rings.